The van der Waals surface area contributed by atoms with Gasteiger partial charge in [0.2, 0.25) is 5.88 Å². The van der Waals surface area contributed by atoms with Gasteiger partial charge in [-0.15, -0.1) is 0 Å². The van der Waals surface area contributed by atoms with Gasteiger partial charge in [-0.25, -0.2) is 4.98 Å². The Hall–Kier alpha value is -3.16. The largest absolute Gasteiger partial charge is 0.494 e. The number of rotatable bonds is 5. The van der Waals surface area contributed by atoms with Crippen molar-refractivity contribution in [2.75, 3.05) is 41.4 Å². The Kier molecular flexibility index (Phi) is 19.4. The van der Waals surface area contributed by atoms with Crippen LogP contribution < -0.4 is 5.56 Å². The van der Waals surface area contributed by atoms with E-state index in [-0.39, 0.29) is 47.1 Å². The van der Waals surface area contributed by atoms with E-state index < -0.39 is 5.56 Å². The van der Waals surface area contributed by atoms with Gasteiger partial charge in [0.15, 0.2) is 0 Å². The lowest BCUT2D eigenvalue weighted by atomic mass is 10.1. The van der Waals surface area contributed by atoms with E-state index in [2.05, 4.69) is 9.97 Å². The molecule has 0 fully saturated rings. The van der Waals surface area contributed by atoms with Crippen molar-refractivity contribution < 1.29 is 20.4 Å². The van der Waals surface area contributed by atoms with Crippen LogP contribution in [-0.4, -0.2) is 93.7 Å². The van der Waals surface area contributed by atoms with E-state index in [0.29, 0.717) is 16.7 Å². The standard InChI is InChI=1S/C10H9Cl2N3.C7H6N2O2.C5H13NO2.C3H8O/c1-15(2)4-3-7-5-9(11)14-10(12)8(7)6-13;1-4-2-6(10)9-7(11)5(4)3-8;1-6(2)5(3-7)4-8;1-3(2)4/h3-5H,1-2H3;2H,1H3,(H2,9,10,11);5,7-8H,3-4H2,1-2H3;3-4H,1-2H3/b4-3+;;;. The number of aromatic amines is 1. The van der Waals surface area contributed by atoms with Gasteiger partial charge in [-0.2, -0.15) is 10.5 Å². The molecule has 0 amide bonds. The van der Waals surface area contributed by atoms with Gasteiger partial charge in [-0.05, 0) is 64.3 Å². The average molecular weight is 572 g/mol. The number of nitrogens with one attached hydrogen (secondary N) is 1. The highest BCUT2D eigenvalue weighted by Gasteiger charge is 2.08. The summed E-state index contributed by atoms with van der Waals surface area (Å²) in [7, 11) is 7.40. The predicted octanol–water partition coefficient (Wildman–Crippen LogP) is 2.34. The lowest BCUT2D eigenvalue weighted by Crippen LogP contribution is -2.34. The van der Waals surface area contributed by atoms with Crippen molar-refractivity contribution in [3.8, 4) is 18.0 Å². The molecule has 2 aromatic rings. The molecule has 0 saturated carbocycles. The lowest BCUT2D eigenvalue weighted by Gasteiger charge is -2.18. The van der Waals surface area contributed by atoms with Crippen LogP contribution >= 0.6 is 23.2 Å². The summed E-state index contributed by atoms with van der Waals surface area (Å²) in [6.07, 6.45) is 3.40. The third-order valence-corrected chi connectivity index (χ3v) is 4.59. The molecule has 0 unspecified atom stereocenters. The van der Waals surface area contributed by atoms with Gasteiger partial charge in [-0.1, -0.05) is 23.2 Å². The Morgan fingerprint density at radius 3 is 1.92 bits per heavy atom. The van der Waals surface area contributed by atoms with Crippen molar-refractivity contribution >= 4 is 29.3 Å². The van der Waals surface area contributed by atoms with Gasteiger partial charge in [0, 0.05) is 26.3 Å². The Labute approximate surface area is 233 Å². The highest BCUT2D eigenvalue weighted by atomic mass is 35.5. The first-order valence-electron chi connectivity index (χ1n) is 11.1. The zero-order chi connectivity index (χ0) is 30.0. The Morgan fingerprint density at radius 1 is 1.08 bits per heavy atom. The van der Waals surface area contributed by atoms with Crippen LogP contribution in [0.3, 0.4) is 0 Å². The minimum Gasteiger partial charge on any atom is -0.494 e. The minimum atomic E-state index is -0.404. The maximum atomic E-state index is 10.7. The quantitative estimate of drug-likeness (QED) is 0.334. The molecule has 0 aromatic carbocycles. The molecule has 0 aliphatic rings. The number of halogens is 2. The zero-order valence-corrected chi connectivity index (χ0v) is 24.1. The highest BCUT2D eigenvalue weighted by molar-refractivity contribution is 6.33. The second-order valence-corrected chi connectivity index (χ2v) is 9.06. The van der Waals surface area contributed by atoms with E-state index >= 15 is 0 Å². The van der Waals surface area contributed by atoms with Crippen LogP contribution in [0.4, 0.5) is 0 Å². The molecule has 2 heterocycles. The molecule has 0 aliphatic heterocycles. The fraction of sp³-hybridized carbons (Fsp3) is 0.440. The summed E-state index contributed by atoms with van der Waals surface area (Å²) in [6, 6.07) is 6.53. The van der Waals surface area contributed by atoms with Crippen molar-refractivity contribution in [3.63, 3.8) is 0 Å². The number of aromatic nitrogens is 2. The molecule has 13 heteroatoms. The normalized spacial score (nSPS) is 10.0. The van der Waals surface area contributed by atoms with Crippen LogP contribution in [0.25, 0.3) is 6.08 Å². The number of aromatic hydroxyl groups is 1. The molecule has 0 radical (unpaired) electrons. The molecule has 2 aromatic heterocycles. The van der Waals surface area contributed by atoms with Crippen LogP contribution in [0.2, 0.25) is 10.3 Å². The first-order valence-corrected chi connectivity index (χ1v) is 11.9. The number of hydrogen-bond donors (Lipinski definition) is 5. The van der Waals surface area contributed by atoms with E-state index in [0.717, 1.165) is 0 Å². The van der Waals surface area contributed by atoms with Crippen molar-refractivity contribution in [2.45, 2.75) is 32.9 Å². The molecular formula is C25H36Cl2N6O5. The number of nitriles is 2. The molecule has 2 rings (SSSR count). The molecule has 0 spiro atoms. The van der Waals surface area contributed by atoms with E-state index in [1.165, 1.54) is 6.07 Å². The summed E-state index contributed by atoms with van der Waals surface area (Å²) < 4.78 is 0. The molecule has 11 nitrogen and oxygen atoms in total. The third kappa shape index (κ3) is 15.8. The number of aliphatic hydroxyl groups excluding tert-OH is 3. The van der Waals surface area contributed by atoms with Crippen molar-refractivity contribution in [3.05, 3.63) is 61.2 Å². The SMILES string of the molecule is CC(C)O.CN(C)/C=C/c1cc(Cl)nc(Cl)c1C#N.CN(C)C(CO)CO.Cc1cc(=O)[nH]c(O)c1C#N. The molecule has 210 valence electrons. The Morgan fingerprint density at radius 2 is 1.58 bits per heavy atom. The first kappa shape index (κ1) is 37.0. The number of hydrogen-bond acceptors (Lipinski definition) is 10. The van der Waals surface area contributed by atoms with Crippen LogP contribution in [0.5, 0.6) is 5.88 Å². The lowest BCUT2D eigenvalue weighted by molar-refractivity contribution is 0.108. The van der Waals surface area contributed by atoms with Gasteiger partial charge in [-0.3, -0.25) is 9.78 Å². The fourth-order valence-corrected chi connectivity index (χ4v) is 2.66. The second kappa shape index (κ2) is 19.9. The van der Waals surface area contributed by atoms with Crippen LogP contribution in [0, 0.1) is 29.6 Å². The van der Waals surface area contributed by atoms with Crippen molar-refractivity contribution in [1.82, 2.24) is 19.8 Å². The average Bonchev–Trinajstić information content (AvgIpc) is 2.78. The van der Waals surface area contributed by atoms with E-state index in [1.807, 2.05) is 45.4 Å². The van der Waals surface area contributed by atoms with Gasteiger partial charge in [0.1, 0.15) is 28.0 Å². The topological polar surface area (TPSA) is 181 Å². The van der Waals surface area contributed by atoms with Gasteiger partial charge in [0.05, 0.1) is 24.8 Å². The number of aliphatic hydroxyl groups is 3. The number of H-pyrrole nitrogens is 1. The molecule has 38 heavy (non-hydrogen) atoms. The molecule has 0 atom stereocenters. The van der Waals surface area contributed by atoms with E-state index in [9.17, 15) is 4.79 Å². The van der Waals surface area contributed by atoms with Crippen LogP contribution in [0.15, 0.2) is 23.1 Å². The fourth-order valence-electron chi connectivity index (χ4n) is 2.17. The summed E-state index contributed by atoms with van der Waals surface area (Å²) in [4.78, 5) is 20.2. The van der Waals surface area contributed by atoms with Gasteiger partial charge in [0.25, 0.3) is 5.56 Å². The highest BCUT2D eigenvalue weighted by Crippen LogP contribution is 2.22. The van der Waals surface area contributed by atoms with Gasteiger partial charge >= 0.3 is 0 Å². The van der Waals surface area contributed by atoms with Crippen LogP contribution in [0.1, 0.15) is 36.1 Å². The number of likely N-dealkylation sites (N-methyl/N-ethyl adjacent to an activating group) is 1. The smallest absolute Gasteiger partial charge is 0.251 e. The van der Waals surface area contributed by atoms with E-state index in [1.54, 1.807) is 43.9 Å². The van der Waals surface area contributed by atoms with Crippen molar-refractivity contribution in [1.29, 1.82) is 10.5 Å². The number of pyridine rings is 2. The van der Waals surface area contributed by atoms with E-state index in [4.69, 9.17) is 54.2 Å². The zero-order valence-electron chi connectivity index (χ0n) is 22.6. The maximum Gasteiger partial charge on any atom is 0.251 e. The summed E-state index contributed by atoms with van der Waals surface area (Å²) in [6.45, 7) is 5.07. The van der Waals surface area contributed by atoms with Crippen molar-refractivity contribution in [2.24, 2.45) is 0 Å². The molecule has 0 saturated heterocycles. The first-order chi connectivity index (χ1) is 17.6. The molecule has 0 bridgehead atoms. The number of aryl methyl sites for hydroxylation is 1. The summed E-state index contributed by atoms with van der Waals surface area (Å²) >= 11 is 11.5. The molecule has 0 aliphatic carbocycles. The van der Waals surface area contributed by atoms with Gasteiger partial charge < -0.3 is 30.2 Å². The minimum absolute atomic E-state index is 0.0174. The third-order valence-electron chi connectivity index (χ3n) is 4.12. The Bertz CT molecular complexity index is 1120. The predicted molar refractivity (Wildman–Crippen MR) is 149 cm³/mol. The summed E-state index contributed by atoms with van der Waals surface area (Å²) in [5, 5.41) is 51.8. The Balaban J connectivity index is 0. The monoisotopic (exact) mass is 570 g/mol. The summed E-state index contributed by atoms with van der Waals surface area (Å²) in [5.74, 6) is -0.363. The molecule has 5 N–H and O–H groups in total. The molecular weight excluding hydrogens is 535 g/mol. The van der Waals surface area contributed by atoms with Crippen LogP contribution in [-0.2, 0) is 0 Å². The number of nitrogens with zero attached hydrogens (tertiary/aromatic N) is 5. The maximum absolute atomic E-state index is 10.7. The second-order valence-electron chi connectivity index (χ2n) is 8.32. The summed E-state index contributed by atoms with van der Waals surface area (Å²) in [5.41, 5.74) is 1.19.